The lowest BCUT2D eigenvalue weighted by Crippen LogP contribution is -2.10. The van der Waals surface area contributed by atoms with Gasteiger partial charge in [0.1, 0.15) is 5.75 Å². The van der Waals surface area contributed by atoms with Crippen LogP contribution in [0.15, 0.2) is 42.0 Å². The van der Waals surface area contributed by atoms with Gasteiger partial charge in [0, 0.05) is 16.6 Å². The molecular formula is C14H9ClN2O2S. The molecular weight excluding hydrogens is 296 g/mol. The van der Waals surface area contributed by atoms with Gasteiger partial charge in [-0.1, -0.05) is 11.6 Å². The maximum atomic E-state index is 11.5. The summed E-state index contributed by atoms with van der Waals surface area (Å²) in [5.74, 6) is 0.633. The molecule has 1 amide bonds. The number of aromatic nitrogens is 1. The van der Waals surface area contributed by atoms with E-state index in [1.807, 2.05) is 0 Å². The van der Waals surface area contributed by atoms with E-state index in [1.165, 1.54) is 11.3 Å². The second-order valence-corrected chi connectivity index (χ2v) is 5.43. The Balaban J connectivity index is 2.09. The number of amides is 1. The molecule has 2 N–H and O–H groups in total. The first-order chi connectivity index (χ1) is 9.65. The number of ether oxygens (including phenoxy) is 1. The first kappa shape index (κ1) is 12.9. The van der Waals surface area contributed by atoms with Crippen molar-refractivity contribution in [3.05, 3.63) is 52.6 Å². The standard InChI is InChI=1S/C14H9ClN2O2S/c15-8-1-3-9(4-2-8)19-11-5-17-6-12-13(11)10(7-20-12)14(16)18/h1-7H,(H2,16,18). The number of fused-ring (bicyclic) bond motifs is 1. The zero-order chi connectivity index (χ0) is 14.1. The van der Waals surface area contributed by atoms with E-state index in [2.05, 4.69) is 4.98 Å². The molecule has 0 saturated heterocycles. The Morgan fingerprint density at radius 3 is 2.70 bits per heavy atom. The Morgan fingerprint density at radius 1 is 1.25 bits per heavy atom. The van der Waals surface area contributed by atoms with Gasteiger partial charge in [-0.05, 0) is 24.3 Å². The number of hydrogen-bond donors (Lipinski definition) is 1. The molecule has 0 unspecified atom stereocenters. The van der Waals surface area contributed by atoms with Crippen molar-refractivity contribution in [2.75, 3.05) is 0 Å². The molecule has 0 atom stereocenters. The van der Waals surface area contributed by atoms with E-state index >= 15 is 0 Å². The Kier molecular flexibility index (Phi) is 3.30. The van der Waals surface area contributed by atoms with Crippen molar-refractivity contribution in [1.29, 1.82) is 0 Å². The van der Waals surface area contributed by atoms with Crippen LogP contribution in [0.2, 0.25) is 5.02 Å². The Labute approximate surface area is 123 Å². The summed E-state index contributed by atoms with van der Waals surface area (Å²) in [5.41, 5.74) is 5.82. The van der Waals surface area contributed by atoms with Gasteiger partial charge in [0.05, 0.1) is 21.8 Å². The number of rotatable bonds is 3. The molecule has 0 radical (unpaired) electrons. The summed E-state index contributed by atoms with van der Waals surface area (Å²) in [4.78, 5) is 15.6. The summed E-state index contributed by atoms with van der Waals surface area (Å²) in [6, 6.07) is 6.95. The summed E-state index contributed by atoms with van der Waals surface area (Å²) in [5, 5.41) is 3.03. The van der Waals surface area contributed by atoms with Crippen LogP contribution in [-0.4, -0.2) is 10.9 Å². The minimum absolute atomic E-state index is 0.441. The van der Waals surface area contributed by atoms with Crippen molar-refractivity contribution in [3.63, 3.8) is 0 Å². The maximum absolute atomic E-state index is 11.5. The third-order valence-electron chi connectivity index (χ3n) is 2.76. The predicted octanol–water partition coefficient (Wildman–Crippen LogP) is 3.84. The largest absolute Gasteiger partial charge is 0.455 e. The van der Waals surface area contributed by atoms with E-state index < -0.39 is 5.91 Å². The topological polar surface area (TPSA) is 65.2 Å². The van der Waals surface area contributed by atoms with E-state index in [0.29, 0.717) is 27.5 Å². The van der Waals surface area contributed by atoms with E-state index in [-0.39, 0.29) is 0 Å². The van der Waals surface area contributed by atoms with E-state index in [9.17, 15) is 4.79 Å². The first-order valence-corrected chi connectivity index (χ1v) is 6.99. The van der Waals surface area contributed by atoms with Gasteiger partial charge in [-0.2, -0.15) is 0 Å². The van der Waals surface area contributed by atoms with Gasteiger partial charge in [-0.3, -0.25) is 9.78 Å². The average Bonchev–Trinajstić information content (AvgIpc) is 2.86. The molecule has 0 spiro atoms. The van der Waals surface area contributed by atoms with Crippen molar-refractivity contribution in [3.8, 4) is 11.5 Å². The van der Waals surface area contributed by atoms with Crippen molar-refractivity contribution in [2.45, 2.75) is 0 Å². The minimum Gasteiger partial charge on any atom is -0.455 e. The number of pyridine rings is 1. The lowest BCUT2D eigenvalue weighted by atomic mass is 10.2. The zero-order valence-corrected chi connectivity index (χ0v) is 11.7. The van der Waals surface area contributed by atoms with Crippen LogP contribution in [0, 0.1) is 0 Å². The summed E-state index contributed by atoms with van der Waals surface area (Å²) in [7, 11) is 0. The third-order valence-corrected chi connectivity index (χ3v) is 3.93. The molecule has 3 aromatic rings. The summed E-state index contributed by atoms with van der Waals surface area (Å²) in [6.07, 6.45) is 3.25. The summed E-state index contributed by atoms with van der Waals surface area (Å²) in [6.45, 7) is 0. The van der Waals surface area contributed by atoms with Gasteiger partial charge in [0.2, 0.25) is 5.91 Å². The average molecular weight is 305 g/mol. The van der Waals surface area contributed by atoms with Crippen LogP contribution < -0.4 is 10.5 Å². The quantitative estimate of drug-likeness (QED) is 0.799. The molecule has 0 saturated carbocycles. The Hall–Kier alpha value is -2.11. The van der Waals surface area contributed by atoms with Gasteiger partial charge >= 0.3 is 0 Å². The number of thiophene rings is 1. The number of hydrogen-bond acceptors (Lipinski definition) is 4. The fourth-order valence-electron chi connectivity index (χ4n) is 1.85. The van der Waals surface area contributed by atoms with Crippen LogP contribution in [0.25, 0.3) is 10.1 Å². The van der Waals surface area contributed by atoms with Gasteiger partial charge in [-0.15, -0.1) is 11.3 Å². The predicted molar refractivity (Wildman–Crippen MR) is 79.7 cm³/mol. The smallest absolute Gasteiger partial charge is 0.250 e. The third kappa shape index (κ3) is 2.33. The minimum atomic E-state index is -0.483. The molecule has 1 aromatic carbocycles. The number of halogens is 1. The summed E-state index contributed by atoms with van der Waals surface area (Å²) >= 11 is 7.24. The maximum Gasteiger partial charge on any atom is 0.250 e. The number of nitrogens with two attached hydrogens (primary N) is 1. The van der Waals surface area contributed by atoms with Crippen molar-refractivity contribution < 1.29 is 9.53 Å². The molecule has 100 valence electrons. The number of primary amides is 1. The zero-order valence-electron chi connectivity index (χ0n) is 10.2. The Bertz CT molecular complexity index is 783. The van der Waals surface area contributed by atoms with Crippen molar-refractivity contribution >= 4 is 38.9 Å². The molecule has 2 heterocycles. The molecule has 6 heteroatoms. The van der Waals surface area contributed by atoms with E-state index in [0.717, 1.165) is 4.70 Å². The number of nitrogens with zero attached hydrogens (tertiary/aromatic N) is 1. The van der Waals surface area contributed by atoms with E-state index in [4.69, 9.17) is 22.1 Å². The van der Waals surface area contributed by atoms with Crippen molar-refractivity contribution in [2.24, 2.45) is 5.73 Å². The number of benzene rings is 1. The molecule has 4 nitrogen and oxygen atoms in total. The van der Waals surface area contributed by atoms with Gasteiger partial charge in [0.15, 0.2) is 5.75 Å². The molecule has 0 aliphatic carbocycles. The van der Waals surface area contributed by atoms with Gasteiger partial charge in [-0.25, -0.2) is 0 Å². The molecule has 0 bridgehead atoms. The van der Waals surface area contributed by atoms with Crippen LogP contribution in [-0.2, 0) is 0 Å². The second kappa shape index (κ2) is 5.11. The fourth-order valence-corrected chi connectivity index (χ4v) is 2.90. The lowest BCUT2D eigenvalue weighted by molar-refractivity contribution is 0.100. The highest BCUT2D eigenvalue weighted by molar-refractivity contribution is 7.17. The van der Waals surface area contributed by atoms with Crippen LogP contribution in [0.4, 0.5) is 0 Å². The van der Waals surface area contributed by atoms with E-state index in [1.54, 1.807) is 42.0 Å². The van der Waals surface area contributed by atoms with Gasteiger partial charge in [0.25, 0.3) is 0 Å². The second-order valence-electron chi connectivity index (χ2n) is 4.08. The molecule has 2 aromatic heterocycles. The fraction of sp³-hybridized carbons (Fsp3) is 0. The monoisotopic (exact) mass is 304 g/mol. The lowest BCUT2D eigenvalue weighted by Gasteiger charge is -2.07. The number of carbonyl (C=O) groups is 1. The van der Waals surface area contributed by atoms with Crippen molar-refractivity contribution in [1.82, 2.24) is 4.98 Å². The number of carbonyl (C=O) groups excluding carboxylic acids is 1. The van der Waals surface area contributed by atoms with Gasteiger partial charge < -0.3 is 10.5 Å². The normalized spacial score (nSPS) is 10.7. The van der Waals surface area contributed by atoms with Crippen LogP contribution in [0.3, 0.4) is 0 Å². The summed E-state index contributed by atoms with van der Waals surface area (Å²) < 4.78 is 6.63. The molecule has 20 heavy (non-hydrogen) atoms. The SMILES string of the molecule is NC(=O)c1csc2cncc(Oc3ccc(Cl)cc3)c12. The molecule has 0 aliphatic heterocycles. The molecule has 0 aliphatic rings. The highest BCUT2D eigenvalue weighted by Gasteiger charge is 2.14. The highest BCUT2D eigenvalue weighted by atomic mass is 35.5. The first-order valence-electron chi connectivity index (χ1n) is 5.73. The van der Waals surface area contributed by atoms with Crippen LogP contribution in [0.1, 0.15) is 10.4 Å². The molecule has 0 fully saturated rings. The highest BCUT2D eigenvalue weighted by Crippen LogP contribution is 2.35. The van der Waals surface area contributed by atoms with Crippen LogP contribution >= 0.6 is 22.9 Å². The Morgan fingerprint density at radius 2 is 2.00 bits per heavy atom. The van der Waals surface area contributed by atoms with Crippen LogP contribution in [0.5, 0.6) is 11.5 Å². The molecule has 3 rings (SSSR count).